The van der Waals surface area contributed by atoms with Crippen LogP contribution < -0.4 is 20.1 Å². The maximum Gasteiger partial charge on any atom is 0.244 e. The summed E-state index contributed by atoms with van der Waals surface area (Å²) < 4.78 is 10.7. The van der Waals surface area contributed by atoms with Gasteiger partial charge in [0.2, 0.25) is 11.8 Å². The summed E-state index contributed by atoms with van der Waals surface area (Å²) in [6.45, 7) is 6.40. The van der Waals surface area contributed by atoms with E-state index in [-0.39, 0.29) is 11.8 Å². The first-order chi connectivity index (χ1) is 11.0. The number of methoxy groups -OCH3 is 1. The van der Waals surface area contributed by atoms with E-state index >= 15 is 0 Å². The summed E-state index contributed by atoms with van der Waals surface area (Å²) in [4.78, 5) is 23.4. The first-order valence-corrected chi connectivity index (χ1v) is 7.58. The standard InChI is InChI=1S/C17H24N2O4/c1-5-18-17(21)12(3)19-16(20)10-8-13-7-9-14(22-4)15(11-13)23-6-2/h7-12H,5-6H2,1-4H3,(H,18,21)(H,19,20)/b10-8+/t12-/m0/s1. The predicted octanol–water partition coefficient (Wildman–Crippen LogP) is 1.75. The first-order valence-electron chi connectivity index (χ1n) is 7.58. The molecule has 0 fully saturated rings. The average molecular weight is 320 g/mol. The molecular weight excluding hydrogens is 296 g/mol. The molecule has 0 unspecified atom stereocenters. The molecule has 0 aliphatic heterocycles. The fourth-order valence-corrected chi connectivity index (χ4v) is 1.89. The van der Waals surface area contributed by atoms with Crippen LogP contribution in [0.1, 0.15) is 26.3 Å². The molecule has 0 bridgehead atoms. The van der Waals surface area contributed by atoms with E-state index in [0.717, 1.165) is 5.56 Å². The second-order valence-electron chi connectivity index (χ2n) is 4.80. The molecule has 0 aromatic heterocycles. The monoisotopic (exact) mass is 320 g/mol. The fraction of sp³-hybridized carbons (Fsp3) is 0.412. The second-order valence-corrected chi connectivity index (χ2v) is 4.80. The summed E-state index contributed by atoms with van der Waals surface area (Å²) in [5, 5.41) is 5.25. The zero-order valence-corrected chi connectivity index (χ0v) is 14.0. The Morgan fingerprint density at radius 1 is 1.26 bits per heavy atom. The zero-order valence-electron chi connectivity index (χ0n) is 14.0. The largest absolute Gasteiger partial charge is 0.493 e. The molecular formula is C17H24N2O4. The lowest BCUT2D eigenvalue weighted by molar-refractivity contribution is -0.126. The molecule has 0 radical (unpaired) electrons. The summed E-state index contributed by atoms with van der Waals surface area (Å²) in [6.07, 6.45) is 3.04. The number of amides is 2. The summed E-state index contributed by atoms with van der Waals surface area (Å²) in [5.74, 6) is 0.710. The van der Waals surface area contributed by atoms with E-state index in [2.05, 4.69) is 10.6 Å². The van der Waals surface area contributed by atoms with Gasteiger partial charge in [-0.15, -0.1) is 0 Å². The number of likely N-dealkylation sites (N-methyl/N-ethyl adjacent to an activating group) is 1. The highest BCUT2D eigenvalue weighted by molar-refractivity contribution is 5.95. The van der Waals surface area contributed by atoms with Gasteiger partial charge in [-0.05, 0) is 44.5 Å². The number of carbonyl (C=O) groups is 2. The van der Waals surface area contributed by atoms with Crippen molar-refractivity contribution < 1.29 is 19.1 Å². The average Bonchev–Trinajstić information content (AvgIpc) is 2.53. The molecule has 1 rings (SSSR count). The maximum atomic E-state index is 11.8. The highest BCUT2D eigenvalue weighted by Gasteiger charge is 2.12. The van der Waals surface area contributed by atoms with Crippen LogP contribution in [0.5, 0.6) is 11.5 Å². The number of benzene rings is 1. The number of nitrogens with one attached hydrogen (secondary N) is 2. The molecule has 1 aromatic carbocycles. The van der Waals surface area contributed by atoms with Gasteiger partial charge in [0.05, 0.1) is 13.7 Å². The van der Waals surface area contributed by atoms with E-state index in [4.69, 9.17) is 9.47 Å². The van der Waals surface area contributed by atoms with Crippen LogP contribution in [0.15, 0.2) is 24.3 Å². The van der Waals surface area contributed by atoms with E-state index in [1.165, 1.54) is 6.08 Å². The number of hydrogen-bond donors (Lipinski definition) is 2. The number of carbonyl (C=O) groups excluding carboxylic acids is 2. The Morgan fingerprint density at radius 2 is 2.00 bits per heavy atom. The van der Waals surface area contributed by atoms with Crippen molar-refractivity contribution in [2.45, 2.75) is 26.8 Å². The normalized spacial score (nSPS) is 11.8. The molecule has 2 N–H and O–H groups in total. The van der Waals surface area contributed by atoms with Crippen molar-refractivity contribution in [2.75, 3.05) is 20.3 Å². The zero-order chi connectivity index (χ0) is 17.2. The van der Waals surface area contributed by atoms with E-state index in [1.807, 2.05) is 19.9 Å². The third-order valence-corrected chi connectivity index (χ3v) is 3.02. The van der Waals surface area contributed by atoms with Gasteiger partial charge in [-0.25, -0.2) is 0 Å². The minimum atomic E-state index is -0.582. The van der Waals surface area contributed by atoms with Gasteiger partial charge in [0.25, 0.3) is 0 Å². The Kier molecular flexibility index (Phi) is 7.66. The van der Waals surface area contributed by atoms with Crippen LogP contribution in [0.25, 0.3) is 6.08 Å². The SMILES string of the molecule is CCNC(=O)[C@H](C)NC(=O)/C=C/c1ccc(OC)c(OCC)c1. The molecule has 0 saturated heterocycles. The van der Waals surface area contributed by atoms with Crippen LogP contribution in [0.2, 0.25) is 0 Å². The van der Waals surface area contributed by atoms with Crippen molar-refractivity contribution in [3.8, 4) is 11.5 Å². The van der Waals surface area contributed by atoms with E-state index in [1.54, 1.807) is 32.2 Å². The molecule has 1 aromatic rings. The Morgan fingerprint density at radius 3 is 2.61 bits per heavy atom. The smallest absolute Gasteiger partial charge is 0.244 e. The molecule has 6 heteroatoms. The van der Waals surface area contributed by atoms with Crippen LogP contribution in [0.3, 0.4) is 0 Å². The van der Waals surface area contributed by atoms with Gasteiger partial charge in [0.1, 0.15) is 6.04 Å². The van der Waals surface area contributed by atoms with Crippen molar-refractivity contribution in [3.05, 3.63) is 29.8 Å². The van der Waals surface area contributed by atoms with Gasteiger partial charge >= 0.3 is 0 Å². The number of rotatable bonds is 8. The second kappa shape index (κ2) is 9.50. The van der Waals surface area contributed by atoms with Crippen LogP contribution in [-0.4, -0.2) is 38.1 Å². The quantitative estimate of drug-likeness (QED) is 0.716. The molecule has 0 aliphatic carbocycles. The molecule has 0 saturated carbocycles. The highest BCUT2D eigenvalue weighted by atomic mass is 16.5. The van der Waals surface area contributed by atoms with Crippen molar-refractivity contribution in [1.82, 2.24) is 10.6 Å². The van der Waals surface area contributed by atoms with Crippen LogP contribution >= 0.6 is 0 Å². The lowest BCUT2D eigenvalue weighted by atomic mass is 10.2. The Bertz CT molecular complexity index is 570. The van der Waals surface area contributed by atoms with E-state index in [0.29, 0.717) is 24.7 Å². The highest BCUT2D eigenvalue weighted by Crippen LogP contribution is 2.28. The third-order valence-electron chi connectivity index (χ3n) is 3.02. The van der Waals surface area contributed by atoms with Crippen molar-refractivity contribution >= 4 is 17.9 Å². The van der Waals surface area contributed by atoms with Crippen molar-refractivity contribution in [1.29, 1.82) is 0 Å². The van der Waals surface area contributed by atoms with Gasteiger partial charge in [-0.2, -0.15) is 0 Å². The van der Waals surface area contributed by atoms with Crippen molar-refractivity contribution in [2.24, 2.45) is 0 Å². The number of hydrogen-bond acceptors (Lipinski definition) is 4. The molecule has 2 amide bonds. The summed E-state index contributed by atoms with van der Waals surface area (Å²) >= 11 is 0. The van der Waals surface area contributed by atoms with Gasteiger partial charge in [0.15, 0.2) is 11.5 Å². The Hall–Kier alpha value is -2.50. The van der Waals surface area contributed by atoms with E-state index in [9.17, 15) is 9.59 Å². The molecule has 0 heterocycles. The summed E-state index contributed by atoms with van der Waals surface area (Å²) in [6, 6.07) is 4.80. The maximum absolute atomic E-state index is 11.8. The minimum Gasteiger partial charge on any atom is -0.493 e. The summed E-state index contributed by atoms with van der Waals surface area (Å²) in [5.41, 5.74) is 0.801. The lowest BCUT2D eigenvalue weighted by Gasteiger charge is -2.11. The van der Waals surface area contributed by atoms with Gasteiger partial charge in [-0.3, -0.25) is 9.59 Å². The van der Waals surface area contributed by atoms with Gasteiger partial charge in [0, 0.05) is 12.6 Å². The molecule has 1 atom stereocenters. The number of ether oxygens (including phenoxy) is 2. The Labute approximate surface area is 136 Å². The lowest BCUT2D eigenvalue weighted by Crippen LogP contribution is -2.44. The predicted molar refractivity (Wildman–Crippen MR) is 89.5 cm³/mol. The summed E-state index contributed by atoms with van der Waals surface area (Å²) in [7, 11) is 1.57. The topological polar surface area (TPSA) is 76.7 Å². The molecule has 126 valence electrons. The Balaban J connectivity index is 2.71. The molecule has 23 heavy (non-hydrogen) atoms. The minimum absolute atomic E-state index is 0.211. The molecule has 0 spiro atoms. The van der Waals surface area contributed by atoms with Crippen molar-refractivity contribution in [3.63, 3.8) is 0 Å². The molecule has 6 nitrogen and oxygen atoms in total. The first kappa shape index (κ1) is 18.5. The van der Waals surface area contributed by atoms with E-state index < -0.39 is 6.04 Å². The van der Waals surface area contributed by atoms with Gasteiger partial charge in [-0.1, -0.05) is 6.07 Å². The van der Waals surface area contributed by atoms with Crippen LogP contribution in [0.4, 0.5) is 0 Å². The van der Waals surface area contributed by atoms with Crippen LogP contribution in [0, 0.1) is 0 Å². The fourth-order valence-electron chi connectivity index (χ4n) is 1.89. The molecule has 0 aliphatic rings. The third kappa shape index (κ3) is 6.02. The van der Waals surface area contributed by atoms with Gasteiger partial charge < -0.3 is 20.1 Å². The van der Waals surface area contributed by atoms with Crippen LogP contribution in [-0.2, 0) is 9.59 Å².